The Hall–Kier alpha value is -1.55. The van der Waals surface area contributed by atoms with E-state index in [1.165, 1.54) is 5.56 Å². The average molecular weight is 490 g/mol. The number of nitrogens with zero attached hydrogens (tertiary/aromatic N) is 2. The van der Waals surface area contributed by atoms with Crippen LogP contribution in [0.25, 0.3) is 0 Å². The lowest BCUT2D eigenvalue weighted by atomic mass is 10.1. The Kier molecular flexibility index (Phi) is 10.3. The van der Waals surface area contributed by atoms with Gasteiger partial charge in [0.05, 0.1) is 25.8 Å². The number of benzene rings is 1. The lowest BCUT2D eigenvalue weighted by Gasteiger charge is -2.12. The Bertz CT molecular complexity index is 706. The highest BCUT2D eigenvalue weighted by Crippen LogP contribution is 2.27. The molecule has 0 saturated heterocycles. The van der Waals surface area contributed by atoms with Gasteiger partial charge in [-0.15, -0.1) is 35.3 Å². The predicted octanol–water partition coefficient (Wildman–Crippen LogP) is 3.38. The molecule has 1 heterocycles. The summed E-state index contributed by atoms with van der Waals surface area (Å²) < 4.78 is 10.6. The molecule has 1 aromatic carbocycles. The van der Waals surface area contributed by atoms with Gasteiger partial charge in [-0.3, -0.25) is 0 Å². The second-order valence-electron chi connectivity index (χ2n) is 5.41. The van der Waals surface area contributed by atoms with Crippen LogP contribution < -0.4 is 20.1 Å². The Morgan fingerprint density at radius 2 is 1.96 bits per heavy atom. The summed E-state index contributed by atoms with van der Waals surface area (Å²) in [4.78, 5) is 10.0. The van der Waals surface area contributed by atoms with Gasteiger partial charge in [0.25, 0.3) is 0 Å². The number of guanidine groups is 1. The van der Waals surface area contributed by atoms with Crippen LogP contribution in [0.4, 0.5) is 0 Å². The number of nitrogens with one attached hydrogen (secondary N) is 2. The van der Waals surface area contributed by atoms with E-state index < -0.39 is 0 Å². The number of aryl methyl sites for hydroxylation is 1. The van der Waals surface area contributed by atoms with E-state index in [1.807, 2.05) is 31.3 Å². The zero-order chi connectivity index (χ0) is 18.1. The van der Waals surface area contributed by atoms with Crippen LogP contribution in [0.3, 0.4) is 0 Å². The van der Waals surface area contributed by atoms with Crippen molar-refractivity contribution in [2.45, 2.75) is 26.8 Å². The maximum absolute atomic E-state index is 5.35. The average Bonchev–Trinajstić information content (AvgIpc) is 3.04. The molecule has 144 valence electrons. The fraction of sp³-hybridized carbons (Fsp3) is 0.444. The van der Waals surface area contributed by atoms with Crippen LogP contribution >= 0.6 is 35.3 Å². The monoisotopic (exact) mass is 490 g/mol. The van der Waals surface area contributed by atoms with Gasteiger partial charge < -0.3 is 20.1 Å². The van der Waals surface area contributed by atoms with Crippen molar-refractivity contribution in [1.29, 1.82) is 0 Å². The SMILES string of the molecule is CCNC(=NCc1cnc(C)s1)NCCc1ccc(OC)c(OC)c1.I. The number of hydrogen-bond donors (Lipinski definition) is 2. The van der Waals surface area contributed by atoms with E-state index in [0.29, 0.717) is 6.54 Å². The molecule has 0 atom stereocenters. The smallest absolute Gasteiger partial charge is 0.191 e. The summed E-state index contributed by atoms with van der Waals surface area (Å²) in [6.45, 7) is 6.30. The van der Waals surface area contributed by atoms with Gasteiger partial charge in [-0.2, -0.15) is 0 Å². The van der Waals surface area contributed by atoms with Gasteiger partial charge in [0.2, 0.25) is 0 Å². The van der Waals surface area contributed by atoms with Crippen molar-refractivity contribution in [3.8, 4) is 11.5 Å². The Balaban J connectivity index is 0.00000338. The number of ether oxygens (including phenoxy) is 2. The fourth-order valence-electron chi connectivity index (χ4n) is 2.34. The second kappa shape index (κ2) is 11.9. The van der Waals surface area contributed by atoms with E-state index in [-0.39, 0.29) is 24.0 Å². The van der Waals surface area contributed by atoms with E-state index in [9.17, 15) is 0 Å². The van der Waals surface area contributed by atoms with E-state index in [4.69, 9.17) is 9.47 Å². The molecule has 6 nitrogen and oxygen atoms in total. The summed E-state index contributed by atoms with van der Waals surface area (Å²) in [5, 5.41) is 7.69. The molecule has 8 heteroatoms. The Morgan fingerprint density at radius 1 is 1.19 bits per heavy atom. The first-order valence-corrected chi connectivity index (χ1v) is 9.12. The largest absolute Gasteiger partial charge is 0.493 e. The van der Waals surface area contributed by atoms with Crippen molar-refractivity contribution in [2.75, 3.05) is 27.3 Å². The molecule has 2 aromatic rings. The Morgan fingerprint density at radius 3 is 2.58 bits per heavy atom. The summed E-state index contributed by atoms with van der Waals surface area (Å²) >= 11 is 1.68. The standard InChI is InChI=1S/C18H26N4O2S.HI/c1-5-19-18(22-12-15-11-21-13(2)25-15)20-9-8-14-6-7-16(23-3)17(10-14)24-4;/h6-7,10-11H,5,8-9,12H2,1-4H3,(H2,19,20,22);1H. The number of aliphatic imine (C=N–C) groups is 1. The van der Waals surface area contributed by atoms with Crippen molar-refractivity contribution in [2.24, 2.45) is 4.99 Å². The number of rotatable bonds is 8. The molecule has 0 bridgehead atoms. The molecule has 0 spiro atoms. The molecule has 0 unspecified atom stereocenters. The third-order valence-corrected chi connectivity index (χ3v) is 4.46. The summed E-state index contributed by atoms with van der Waals surface area (Å²) in [7, 11) is 3.29. The molecule has 0 fully saturated rings. The first-order chi connectivity index (χ1) is 12.2. The number of methoxy groups -OCH3 is 2. The molecule has 0 aliphatic carbocycles. The molecule has 0 aliphatic rings. The third kappa shape index (κ3) is 6.99. The fourth-order valence-corrected chi connectivity index (χ4v) is 3.06. The van der Waals surface area contributed by atoms with Crippen LogP contribution in [-0.2, 0) is 13.0 Å². The molecule has 0 saturated carbocycles. The lowest BCUT2D eigenvalue weighted by Crippen LogP contribution is -2.38. The first-order valence-electron chi connectivity index (χ1n) is 8.30. The van der Waals surface area contributed by atoms with E-state index >= 15 is 0 Å². The van der Waals surface area contributed by atoms with E-state index in [0.717, 1.165) is 46.9 Å². The topological polar surface area (TPSA) is 67.8 Å². The highest BCUT2D eigenvalue weighted by molar-refractivity contribution is 14.0. The first kappa shape index (κ1) is 22.5. The zero-order valence-electron chi connectivity index (χ0n) is 15.7. The second-order valence-corrected chi connectivity index (χ2v) is 6.73. The van der Waals surface area contributed by atoms with Gasteiger partial charge in [-0.05, 0) is 38.0 Å². The molecule has 0 aliphatic heterocycles. The van der Waals surface area contributed by atoms with Crippen LogP contribution in [0.2, 0.25) is 0 Å². The molecule has 1 aromatic heterocycles. The molecule has 2 rings (SSSR count). The molecule has 2 N–H and O–H groups in total. The van der Waals surface area contributed by atoms with Gasteiger partial charge >= 0.3 is 0 Å². The highest BCUT2D eigenvalue weighted by atomic mass is 127. The van der Waals surface area contributed by atoms with Crippen molar-refractivity contribution >= 4 is 41.3 Å². The van der Waals surface area contributed by atoms with Gasteiger partial charge in [0.15, 0.2) is 17.5 Å². The quantitative estimate of drug-likeness (QED) is 0.338. The van der Waals surface area contributed by atoms with Crippen LogP contribution in [0.1, 0.15) is 22.4 Å². The van der Waals surface area contributed by atoms with Crippen molar-refractivity contribution in [3.63, 3.8) is 0 Å². The highest BCUT2D eigenvalue weighted by Gasteiger charge is 2.05. The van der Waals surface area contributed by atoms with Gasteiger partial charge in [-0.25, -0.2) is 9.98 Å². The van der Waals surface area contributed by atoms with Crippen molar-refractivity contribution < 1.29 is 9.47 Å². The lowest BCUT2D eigenvalue weighted by molar-refractivity contribution is 0.354. The normalized spacial score (nSPS) is 10.8. The van der Waals surface area contributed by atoms with E-state index in [2.05, 4.69) is 27.5 Å². The summed E-state index contributed by atoms with van der Waals surface area (Å²) in [5.74, 6) is 2.31. The van der Waals surface area contributed by atoms with Gasteiger partial charge in [0.1, 0.15) is 0 Å². The minimum atomic E-state index is 0. The number of thiazole rings is 1. The maximum Gasteiger partial charge on any atom is 0.191 e. The van der Waals surface area contributed by atoms with Crippen LogP contribution in [0.15, 0.2) is 29.4 Å². The number of halogens is 1. The molecule has 26 heavy (non-hydrogen) atoms. The Labute approximate surface area is 176 Å². The maximum atomic E-state index is 5.35. The minimum absolute atomic E-state index is 0. The van der Waals surface area contributed by atoms with E-state index in [1.54, 1.807) is 25.6 Å². The summed E-state index contributed by atoms with van der Waals surface area (Å²) in [5.41, 5.74) is 1.18. The summed E-state index contributed by atoms with van der Waals surface area (Å²) in [6.07, 6.45) is 2.75. The molecule has 0 radical (unpaired) electrons. The van der Waals surface area contributed by atoms with Crippen molar-refractivity contribution in [1.82, 2.24) is 15.6 Å². The van der Waals surface area contributed by atoms with Crippen LogP contribution in [0.5, 0.6) is 11.5 Å². The summed E-state index contributed by atoms with van der Waals surface area (Å²) in [6, 6.07) is 5.98. The van der Waals surface area contributed by atoms with Crippen LogP contribution in [0, 0.1) is 6.92 Å². The molecular formula is C18H27IN4O2S. The van der Waals surface area contributed by atoms with Crippen LogP contribution in [-0.4, -0.2) is 38.3 Å². The number of aromatic nitrogens is 1. The third-order valence-electron chi connectivity index (χ3n) is 3.56. The minimum Gasteiger partial charge on any atom is -0.493 e. The van der Waals surface area contributed by atoms with Crippen molar-refractivity contribution in [3.05, 3.63) is 39.8 Å². The number of hydrogen-bond acceptors (Lipinski definition) is 5. The van der Waals surface area contributed by atoms with Gasteiger partial charge in [0, 0.05) is 24.2 Å². The molecule has 0 amide bonds. The predicted molar refractivity (Wildman–Crippen MR) is 118 cm³/mol. The molecular weight excluding hydrogens is 463 g/mol. The zero-order valence-corrected chi connectivity index (χ0v) is 18.8. The van der Waals surface area contributed by atoms with Gasteiger partial charge in [-0.1, -0.05) is 6.07 Å².